The number of hydrogen-bond acceptors (Lipinski definition) is 5. The number of carbonyl (C=O) groups excluding carboxylic acids is 1. The number of aliphatic hydroxyl groups is 2. The van der Waals surface area contributed by atoms with E-state index in [0.717, 1.165) is 32.1 Å². The first kappa shape index (κ1) is 25.8. The van der Waals surface area contributed by atoms with E-state index in [4.69, 9.17) is 9.84 Å². The monoisotopic (exact) mass is 412 g/mol. The van der Waals surface area contributed by atoms with Crippen LogP contribution >= 0.6 is 0 Å². The average molecular weight is 413 g/mol. The maximum atomic E-state index is 12.3. The van der Waals surface area contributed by atoms with E-state index in [-0.39, 0.29) is 36.6 Å². The Kier molecular flexibility index (Phi) is 12.4. The molecule has 168 valence electrons. The van der Waals surface area contributed by atoms with Crippen LogP contribution in [-0.4, -0.2) is 52.5 Å². The lowest BCUT2D eigenvalue weighted by Crippen LogP contribution is -2.20. The molecule has 0 spiro atoms. The average Bonchev–Trinajstić information content (AvgIpc) is 2.93. The summed E-state index contributed by atoms with van der Waals surface area (Å²) in [6.07, 6.45) is 9.14. The molecule has 3 N–H and O–H groups in total. The van der Waals surface area contributed by atoms with E-state index in [1.54, 1.807) is 6.08 Å². The number of aliphatic hydroxyl groups excluding tert-OH is 2. The largest absolute Gasteiger partial charge is 0.481 e. The SMILES string of the molecule is CCCC[C@H](C)C[C@H](O)C=C[C@H]1[C@H](O)CC(=O)[C@@H]1CCCCC(CC(=O)O)OC. The molecule has 0 radical (unpaired) electrons. The van der Waals surface area contributed by atoms with Gasteiger partial charge in [0.15, 0.2) is 0 Å². The van der Waals surface area contributed by atoms with Gasteiger partial charge in [-0.25, -0.2) is 0 Å². The van der Waals surface area contributed by atoms with E-state index in [2.05, 4.69) is 13.8 Å². The molecule has 1 saturated carbocycles. The molecular formula is C23H40O6. The van der Waals surface area contributed by atoms with E-state index in [9.17, 15) is 19.8 Å². The third-order valence-electron chi connectivity index (χ3n) is 6.01. The van der Waals surface area contributed by atoms with E-state index in [0.29, 0.717) is 25.2 Å². The van der Waals surface area contributed by atoms with Crippen LogP contribution in [-0.2, 0) is 14.3 Å². The van der Waals surface area contributed by atoms with Gasteiger partial charge in [-0.3, -0.25) is 9.59 Å². The molecule has 1 aliphatic carbocycles. The molecule has 0 bridgehead atoms. The fourth-order valence-electron chi connectivity index (χ4n) is 4.24. The molecule has 0 amide bonds. The second-order valence-electron chi connectivity index (χ2n) is 8.60. The summed E-state index contributed by atoms with van der Waals surface area (Å²) in [7, 11) is 1.51. The molecule has 6 atom stereocenters. The normalized spacial score (nSPS) is 25.4. The van der Waals surface area contributed by atoms with Gasteiger partial charge in [-0.2, -0.15) is 0 Å². The number of Topliss-reactive ketones (excluding diaryl/α,β-unsaturated/α-hetero) is 1. The van der Waals surface area contributed by atoms with Gasteiger partial charge in [0.1, 0.15) is 5.78 Å². The van der Waals surface area contributed by atoms with Crippen molar-refractivity contribution in [2.75, 3.05) is 7.11 Å². The first-order valence-electron chi connectivity index (χ1n) is 11.1. The summed E-state index contributed by atoms with van der Waals surface area (Å²) < 4.78 is 5.19. The summed E-state index contributed by atoms with van der Waals surface area (Å²) >= 11 is 0. The molecule has 1 unspecified atom stereocenters. The van der Waals surface area contributed by atoms with Crippen molar-refractivity contribution in [1.82, 2.24) is 0 Å². The van der Waals surface area contributed by atoms with E-state index in [1.807, 2.05) is 6.08 Å². The number of carboxylic acid groups (broad SMARTS) is 1. The lowest BCUT2D eigenvalue weighted by molar-refractivity contribution is -0.139. The third-order valence-corrected chi connectivity index (χ3v) is 6.01. The Labute approximate surface area is 175 Å². The van der Waals surface area contributed by atoms with Gasteiger partial charge in [0.25, 0.3) is 0 Å². The van der Waals surface area contributed by atoms with Crippen LogP contribution in [0.15, 0.2) is 12.2 Å². The number of carboxylic acids is 1. The molecule has 0 aliphatic heterocycles. The second kappa shape index (κ2) is 13.9. The highest BCUT2D eigenvalue weighted by molar-refractivity contribution is 5.84. The molecule has 0 aromatic rings. The van der Waals surface area contributed by atoms with E-state index < -0.39 is 18.2 Å². The van der Waals surface area contributed by atoms with E-state index >= 15 is 0 Å². The molecule has 0 aromatic heterocycles. The number of rotatable bonds is 15. The molecule has 29 heavy (non-hydrogen) atoms. The fraction of sp³-hybridized carbons (Fsp3) is 0.826. The van der Waals surface area contributed by atoms with Crippen molar-refractivity contribution >= 4 is 11.8 Å². The Morgan fingerprint density at radius 3 is 2.62 bits per heavy atom. The zero-order valence-electron chi connectivity index (χ0n) is 18.3. The van der Waals surface area contributed by atoms with Crippen molar-refractivity contribution in [3.63, 3.8) is 0 Å². The Hall–Kier alpha value is -1.24. The summed E-state index contributed by atoms with van der Waals surface area (Å²) in [4.78, 5) is 23.1. The molecule has 0 heterocycles. The Balaban J connectivity index is 2.50. The Bertz CT molecular complexity index is 517. The number of ketones is 1. The molecule has 6 nitrogen and oxygen atoms in total. The van der Waals surface area contributed by atoms with Gasteiger partial charge >= 0.3 is 5.97 Å². The lowest BCUT2D eigenvalue weighted by Gasteiger charge is -2.19. The van der Waals surface area contributed by atoms with Crippen LogP contribution in [0.3, 0.4) is 0 Å². The first-order valence-corrected chi connectivity index (χ1v) is 11.1. The summed E-state index contributed by atoms with van der Waals surface area (Å²) in [6.45, 7) is 4.30. The number of methoxy groups -OCH3 is 1. The maximum absolute atomic E-state index is 12.3. The predicted octanol–water partition coefficient (Wildman–Crippen LogP) is 3.74. The van der Waals surface area contributed by atoms with Crippen LogP contribution in [0.5, 0.6) is 0 Å². The quantitative estimate of drug-likeness (QED) is 0.280. The highest BCUT2D eigenvalue weighted by atomic mass is 16.5. The fourth-order valence-corrected chi connectivity index (χ4v) is 4.24. The van der Waals surface area contributed by atoms with Gasteiger partial charge in [-0.05, 0) is 25.2 Å². The standard InChI is InChI=1S/C23H40O6/c1-4-5-8-16(2)13-17(24)11-12-20-19(21(25)15-22(20)26)10-7-6-9-18(29-3)14-23(27)28/h11-12,16-20,22,24,26H,4-10,13-15H2,1-3H3,(H,27,28)/t16-,17+,18?,19+,20+,22+/m0/s1. The van der Waals surface area contributed by atoms with Crippen molar-refractivity contribution in [2.45, 2.75) is 96.4 Å². The molecule has 6 heteroatoms. The molecule has 1 aliphatic rings. The first-order chi connectivity index (χ1) is 13.8. The van der Waals surface area contributed by atoms with Gasteiger partial charge in [-0.1, -0.05) is 58.1 Å². The van der Waals surface area contributed by atoms with Crippen molar-refractivity contribution in [1.29, 1.82) is 0 Å². The molecule has 0 saturated heterocycles. The van der Waals surface area contributed by atoms with E-state index in [1.165, 1.54) is 7.11 Å². The summed E-state index contributed by atoms with van der Waals surface area (Å²) in [5, 5.41) is 29.4. The molecule has 1 rings (SSSR count). The van der Waals surface area contributed by atoms with Crippen molar-refractivity contribution in [3.8, 4) is 0 Å². The minimum absolute atomic E-state index is 0.0164. The minimum Gasteiger partial charge on any atom is -0.481 e. The second-order valence-corrected chi connectivity index (χ2v) is 8.60. The molecule has 0 aromatic carbocycles. The number of carbonyl (C=O) groups is 2. The molecular weight excluding hydrogens is 372 g/mol. The summed E-state index contributed by atoms with van der Waals surface area (Å²) in [5.74, 6) is -0.836. The number of unbranched alkanes of at least 4 members (excludes halogenated alkanes) is 2. The lowest BCUT2D eigenvalue weighted by atomic mass is 9.88. The van der Waals surface area contributed by atoms with Crippen LogP contribution in [0.4, 0.5) is 0 Å². The summed E-state index contributed by atoms with van der Waals surface area (Å²) in [6, 6.07) is 0. The number of aliphatic carboxylic acids is 1. The van der Waals surface area contributed by atoms with Crippen LogP contribution in [0, 0.1) is 17.8 Å². The number of ether oxygens (including phenoxy) is 1. The predicted molar refractivity (Wildman–Crippen MR) is 113 cm³/mol. The Morgan fingerprint density at radius 1 is 1.28 bits per heavy atom. The summed E-state index contributed by atoms with van der Waals surface area (Å²) in [5.41, 5.74) is 0. The topological polar surface area (TPSA) is 104 Å². The van der Waals surface area contributed by atoms with Gasteiger partial charge in [0.2, 0.25) is 0 Å². The maximum Gasteiger partial charge on any atom is 0.305 e. The zero-order chi connectivity index (χ0) is 21.8. The smallest absolute Gasteiger partial charge is 0.305 e. The Morgan fingerprint density at radius 2 is 2.00 bits per heavy atom. The van der Waals surface area contributed by atoms with Crippen LogP contribution < -0.4 is 0 Å². The minimum atomic E-state index is -0.876. The van der Waals surface area contributed by atoms with Gasteiger partial charge < -0.3 is 20.1 Å². The van der Waals surface area contributed by atoms with Gasteiger partial charge in [0, 0.05) is 25.4 Å². The molecule has 1 fully saturated rings. The van der Waals surface area contributed by atoms with Gasteiger partial charge in [-0.15, -0.1) is 0 Å². The van der Waals surface area contributed by atoms with Gasteiger partial charge in [0.05, 0.1) is 24.7 Å². The number of hydrogen-bond donors (Lipinski definition) is 3. The van der Waals surface area contributed by atoms with Crippen molar-refractivity contribution in [3.05, 3.63) is 12.2 Å². The van der Waals surface area contributed by atoms with Crippen molar-refractivity contribution < 1.29 is 29.6 Å². The zero-order valence-corrected chi connectivity index (χ0v) is 18.3. The highest BCUT2D eigenvalue weighted by Gasteiger charge is 2.39. The van der Waals surface area contributed by atoms with Crippen molar-refractivity contribution in [2.24, 2.45) is 17.8 Å². The van der Waals surface area contributed by atoms with Crippen LogP contribution in [0.1, 0.15) is 78.1 Å². The van der Waals surface area contributed by atoms with Crippen LogP contribution in [0.25, 0.3) is 0 Å². The highest BCUT2D eigenvalue weighted by Crippen LogP contribution is 2.34. The third kappa shape index (κ3) is 9.87. The van der Waals surface area contributed by atoms with Crippen LogP contribution in [0.2, 0.25) is 0 Å².